The molecule has 0 radical (unpaired) electrons. The molecule has 2 nitrogen and oxygen atoms in total. The lowest BCUT2D eigenvalue weighted by Gasteiger charge is -2.05. The van der Waals surface area contributed by atoms with E-state index >= 15 is 0 Å². The van der Waals surface area contributed by atoms with Crippen LogP contribution in [-0.2, 0) is 6.42 Å². The van der Waals surface area contributed by atoms with E-state index in [2.05, 4.69) is 31.9 Å². The van der Waals surface area contributed by atoms with Crippen molar-refractivity contribution in [2.24, 2.45) is 0 Å². The molecule has 2 aromatic rings. The molecule has 0 aliphatic carbocycles. The highest BCUT2D eigenvalue weighted by molar-refractivity contribution is 9.10. The number of halogens is 2. The summed E-state index contributed by atoms with van der Waals surface area (Å²) in [7, 11) is 0. The van der Waals surface area contributed by atoms with Crippen molar-refractivity contribution >= 4 is 43.3 Å². The Bertz CT molecular complexity index is 579. The molecule has 0 unspecified atom stereocenters. The van der Waals surface area contributed by atoms with Crippen molar-refractivity contribution < 1.29 is 4.79 Å². The molecule has 0 bridgehead atoms. The quantitative estimate of drug-likeness (QED) is 0.651. The van der Waals surface area contributed by atoms with E-state index in [-0.39, 0.29) is 5.78 Å². The predicted molar refractivity (Wildman–Crippen MR) is 80.7 cm³/mol. The minimum absolute atomic E-state index is 0.0733. The highest BCUT2D eigenvalue weighted by Crippen LogP contribution is 2.22. The van der Waals surface area contributed by atoms with Gasteiger partial charge in [0.2, 0.25) is 0 Å². The van der Waals surface area contributed by atoms with Crippen LogP contribution in [0.4, 0.5) is 5.69 Å². The van der Waals surface area contributed by atoms with E-state index in [4.69, 9.17) is 5.73 Å². The van der Waals surface area contributed by atoms with Gasteiger partial charge in [0.25, 0.3) is 0 Å². The standard InChI is InChI=1S/C14H11Br2NO/c15-10-3-1-9(2-4-10)7-14(18)12-6-5-11(17)8-13(12)16/h1-6,8H,7,17H2. The van der Waals surface area contributed by atoms with Gasteiger partial charge in [-0.25, -0.2) is 0 Å². The zero-order valence-electron chi connectivity index (χ0n) is 9.49. The Labute approximate surface area is 122 Å². The molecular weight excluding hydrogens is 358 g/mol. The van der Waals surface area contributed by atoms with Crippen molar-refractivity contribution in [3.05, 3.63) is 62.5 Å². The largest absolute Gasteiger partial charge is 0.399 e. The summed E-state index contributed by atoms with van der Waals surface area (Å²) in [6.45, 7) is 0. The third-order valence-corrected chi connectivity index (χ3v) is 3.76. The molecule has 0 aliphatic heterocycles. The lowest BCUT2D eigenvalue weighted by atomic mass is 10.0. The number of hydrogen-bond donors (Lipinski definition) is 1. The Morgan fingerprint density at radius 2 is 1.72 bits per heavy atom. The average Bonchev–Trinajstić information content (AvgIpc) is 2.32. The molecule has 92 valence electrons. The van der Waals surface area contributed by atoms with E-state index in [9.17, 15) is 4.79 Å². The number of benzene rings is 2. The highest BCUT2D eigenvalue weighted by Gasteiger charge is 2.10. The molecule has 2 aromatic carbocycles. The smallest absolute Gasteiger partial charge is 0.168 e. The normalized spacial score (nSPS) is 10.3. The Morgan fingerprint density at radius 1 is 1.06 bits per heavy atom. The number of rotatable bonds is 3. The van der Waals surface area contributed by atoms with E-state index in [0.717, 1.165) is 14.5 Å². The molecule has 18 heavy (non-hydrogen) atoms. The van der Waals surface area contributed by atoms with Gasteiger partial charge in [0.15, 0.2) is 5.78 Å². The Balaban J connectivity index is 2.19. The summed E-state index contributed by atoms with van der Waals surface area (Å²) in [5.41, 5.74) is 7.94. The first-order valence-electron chi connectivity index (χ1n) is 5.39. The second-order valence-electron chi connectivity index (χ2n) is 3.97. The van der Waals surface area contributed by atoms with Crippen molar-refractivity contribution in [2.75, 3.05) is 5.73 Å². The van der Waals surface area contributed by atoms with Gasteiger partial charge in [0.1, 0.15) is 0 Å². The van der Waals surface area contributed by atoms with Crippen LogP contribution in [0.1, 0.15) is 15.9 Å². The van der Waals surface area contributed by atoms with Crippen LogP contribution in [0.25, 0.3) is 0 Å². The van der Waals surface area contributed by atoms with Gasteiger partial charge in [0, 0.05) is 26.6 Å². The summed E-state index contributed by atoms with van der Waals surface area (Å²) >= 11 is 6.73. The van der Waals surface area contributed by atoms with Gasteiger partial charge in [-0.1, -0.05) is 28.1 Å². The van der Waals surface area contributed by atoms with Gasteiger partial charge in [-0.3, -0.25) is 4.79 Å². The minimum Gasteiger partial charge on any atom is -0.399 e. The maximum Gasteiger partial charge on any atom is 0.168 e. The van der Waals surface area contributed by atoms with Crippen LogP contribution >= 0.6 is 31.9 Å². The second-order valence-corrected chi connectivity index (χ2v) is 5.74. The van der Waals surface area contributed by atoms with Crippen molar-refractivity contribution in [2.45, 2.75) is 6.42 Å². The summed E-state index contributed by atoms with van der Waals surface area (Å²) < 4.78 is 1.75. The number of nitrogens with two attached hydrogens (primary N) is 1. The average molecular weight is 369 g/mol. The first kappa shape index (κ1) is 13.3. The van der Waals surface area contributed by atoms with Crippen LogP contribution in [0, 0.1) is 0 Å². The number of hydrogen-bond acceptors (Lipinski definition) is 2. The Kier molecular flexibility index (Phi) is 4.19. The van der Waals surface area contributed by atoms with Crippen LogP contribution < -0.4 is 5.73 Å². The van der Waals surface area contributed by atoms with E-state index < -0.39 is 0 Å². The number of ketones is 1. The molecule has 4 heteroatoms. The molecule has 0 saturated heterocycles. The fraction of sp³-hybridized carbons (Fsp3) is 0.0714. The maximum atomic E-state index is 12.1. The van der Waals surface area contributed by atoms with E-state index in [1.807, 2.05) is 24.3 Å². The molecule has 0 aromatic heterocycles. The number of carbonyl (C=O) groups excluding carboxylic acids is 1. The van der Waals surface area contributed by atoms with Gasteiger partial charge in [-0.15, -0.1) is 0 Å². The van der Waals surface area contributed by atoms with Gasteiger partial charge in [0.05, 0.1) is 0 Å². The van der Waals surface area contributed by atoms with Crippen LogP contribution in [0.5, 0.6) is 0 Å². The van der Waals surface area contributed by atoms with Crippen LogP contribution in [0.15, 0.2) is 51.4 Å². The third-order valence-electron chi connectivity index (χ3n) is 2.57. The molecule has 0 aliphatic rings. The van der Waals surface area contributed by atoms with Crippen LogP contribution in [0.3, 0.4) is 0 Å². The second kappa shape index (κ2) is 5.67. The fourth-order valence-electron chi connectivity index (χ4n) is 1.64. The van der Waals surface area contributed by atoms with Crippen molar-refractivity contribution in [1.82, 2.24) is 0 Å². The number of carbonyl (C=O) groups is 1. The van der Waals surface area contributed by atoms with E-state index in [1.165, 1.54) is 0 Å². The maximum absolute atomic E-state index is 12.1. The summed E-state index contributed by atoms with van der Waals surface area (Å²) in [6, 6.07) is 13.0. The summed E-state index contributed by atoms with van der Waals surface area (Å²) in [4.78, 5) is 12.1. The monoisotopic (exact) mass is 367 g/mol. The van der Waals surface area contributed by atoms with Gasteiger partial charge in [-0.05, 0) is 51.8 Å². The Morgan fingerprint density at radius 3 is 2.33 bits per heavy atom. The number of Topliss-reactive ketones (excluding diaryl/α,β-unsaturated/α-hetero) is 1. The molecular formula is C14H11Br2NO. The van der Waals surface area contributed by atoms with Crippen molar-refractivity contribution in [3.8, 4) is 0 Å². The van der Waals surface area contributed by atoms with Crippen molar-refractivity contribution in [1.29, 1.82) is 0 Å². The van der Waals surface area contributed by atoms with E-state index in [0.29, 0.717) is 17.7 Å². The van der Waals surface area contributed by atoms with E-state index in [1.54, 1.807) is 18.2 Å². The zero-order chi connectivity index (χ0) is 13.1. The van der Waals surface area contributed by atoms with Crippen molar-refractivity contribution in [3.63, 3.8) is 0 Å². The van der Waals surface area contributed by atoms with Crippen LogP contribution in [0.2, 0.25) is 0 Å². The molecule has 2 rings (SSSR count). The van der Waals surface area contributed by atoms with Gasteiger partial charge >= 0.3 is 0 Å². The zero-order valence-corrected chi connectivity index (χ0v) is 12.7. The lowest BCUT2D eigenvalue weighted by molar-refractivity contribution is 0.0992. The third kappa shape index (κ3) is 3.21. The molecule has 0 fully saturated rings. The SMILES string of the molecule is Nc1ccc(C(=O)Cc2ccc(Br)cc2)c(Br)c1. The predicted octanol–water partition coefficient (Wildman–Crippen LogP) is 4.22. The van der Waals surface area contributed by atoms with Crippen LogP contribution in [-0.4, -0.2) is 5.78 Å². The molecule has 2 N–H and O–H groups in total. The first-order chi connectivity index (χ1) is 8.56. The molecule has 0 atom stereocenters. The van der Waals surface area contributed by atoms with Gasteiger partial charge < -0.3 is 5.73 Å². The van der Waals surface area contributed by atoms with Gasteiger partial charge in [-0.2, -0.15) is 0 Å². The topological polar surface area (TPSA) is 43.1 Å². The highest BCUT2D eigenvalue weighted by atomic mass is 79.9. The molecule has 0 saturated carbocycles. The summed E-state index contributed by atoms with van der Waals surface area (Å²) in [5.74, 6) is 0.0733. The molecule has 0 spiro atoms. The summed E-state index contributed by atoms with van der Waals surface area (Å²) in [5, 5.41) is 0. The molecule has 0 amide bonds. The number of anilines is 1. The first-order valence-corrected chi connectivity index (χ1v) is 6.97. The lowest BCUT2D eigenvalue weighted by Crippen LogP contribution is -2.04. The summed E-state index contributed by atoms with van der Waals surface area (Å²) in [6.07, 6.45) is 0.385. The minimum atomic E-state index is 0.0733. The molecule has 0 heterocycles. The fourth-order valence-corrected chi connectivity index (χ4v) is 2.52. The Hall–Kier alpha value is -1.13. The number of nitrogen functional groups attached to an aromatic ring is 1.